The van der Waals surface area contributed by atoms with Gasteiger partial charge in [0.05, 0.1) is 0 Å². The highest BCUT2D eigenvalue weighted by molar-refractivity contribution is 6.04. The number of hydrogen-bond donors (Lipinski definition) is 1. The Morgan fingerprint density at radius 3 is 2.68 bits per heavy atom. The van der Waals surface area contributed by atoms with Gasteiger partial charge in [-0.15, -0.1) is 0 Å². The Labute approximate surface area is 112 Å². The SMILES string of the molecule is CCc1ccc(C(=O)C=CNc2cc(C)on2)cc1. The molecule has 0 radical (unpaired) electrons. The van der Waals surface area contributed by atoms with E-state index in [0.29, 0.717) is 11.4 Å². The molecule has 0 saturated heterocycles. The molecule has 0 aliphatic heterocycles. The average Bonchev–Trinajstić information content (AvgIpc) is 2.84. The van der Waals surface area contributed by atoms with E-state index in [-0.39, 0.29) is 5.78 Å². The van der Waals surface area contributed by atoms with E-state index in [9.17, 15) is 4.79 Å². The molecule has 1 N–H and O–H groups in total. The Kier molecular flexibility index (Phi) is 4.13. The molecule has 4 heteroatoms. The summed E-state index contributed by atoms with van der Waals surface area (Å²) in [5.41, 5.74) is 1.89. The lowest BCUT2D eigenvalue weighted by molar-refractivity contribution is 0.104. The number of rotatable bonds is 5. The number of allylic oxidation sites excluding steroid dienone is 1. The highest BCUT2D eigenvalue weighted by Gasteiger charge is 2.01. The van der Waals surface area contributed by atoms with Crippen LogP contribution in [-0.2, 0) is 6.42 Å². The standard InChI is InChI=1S/C15H16N2O2/c1-3-12-4-6-13(7-5-12)14(18)8-9-16-15-10-11(2)19-17-15/h4-10H,3H2,1-2H3,(H,16,17). The molecule has 1 heterocycles. The van der Waals surface area contributed by atoms with Crippen LogP contribution in [0.25, 0.3) is 0 Å². The van der Waals surface area contributed by atoms with Crippen LogP contribution in [0.3, 0.4) is 0 Å². The van der Waals surface area contributed by atoms with E-state index in [4.69, 9.17) is 4.52 Å². The van der Waals surface area contributed by atoms with Gasteiger partial charge in [-0.1, -0.05) is 36.3 Å². The van der Waals surface area contributed by atoms with Gasteiger partial charge in [-0.25, -0.2) is 0 Å². The van der Waals surface area contributed by atoms with Crippen LogP contribution < -0.4 is 5.32 Å². The molecule has 0 spiro atoms. The topological polar surface area (TPSA) is 55.1 Å². The molecule has 19 heavy (non-hydrogen) atoms. The molecule has 2 rings (SSSR count). The van der Waals surface area contributed by atoms with E-state index in [1.807, 2.05) is 31.2 Å². The minimum absolute atomic E-state index is 0.0460. The number of carbonyl (C=O) groups is 1. The zero-order chi connectivity index (χ0) is 13.7. The maximum atomic E-state index is 11.9. The van der Waals surface area contributed by atoms with Crippen molar-refractivity contribution < 1.29 is 9.32 Å². The van der Waals surface area contributed by atoms with Gasteiger partial charge in [0.25, 0.3) is 0 Å². The van der Waals surface area contributed by atoms with Crippen LogP contribution >= 0.6 is 0 Å². The van der Waals surface area contributed by atoms with Gasteiger partial charge in [-0.2, -0.15) is 0 Å². The van der Waals surface area contributed by atoms with E-state index in [0.717, 1.165) is 12.2 Å². The Morgan fingerprint density at radius 2 is 2.11 bits per heavy atom. The quantitative estimate of drug-likeness (QED) is 0.658. The normalized spacial score (nSPS) is 10.8. The molecule has 0 saturated carbocycles. The smallest absolute Gasteiger partial charge is 0.187 e. The number of hydrogen-bond acceptors (Lipinski definition) is 4. The van der Waals surface area contributed by atoms with Crippen LogP contribution in [-0.4, -0.2) is 10.9 Å². The van der Waals surface area contributed by atoms with Crippen molar-refractivity contribution in [3.05, 3.63) is 59.5 Å². The molecular weight excluding hydrogens is 240 g/mol. The molecule has 0 bridgehead atoms. The fourth-order valence-corrected chi connectivity index (χ4v) is 1.64. The number of anilines is 1. The average molecular weight is 256 g/mol. The van der Waals surface area contributed by atoms with Gasteiger partial charge in [0.1, 0.15) is 5.76 Å². The Hall–Kier alpha value is -2.36. The fraction of sp³-hybridized carbons (Fsp3) is 0.200. The molecule has 1 aromatic carbocycles. The van der Waals surface area contributed by atoms with E-state index < -0.39 is 0 Å². The second-order valence-electron chi connectivity index (χ2n) is 4.22. The maximum absolute atomic E-state index is 11.9. The third-order valence-corrected chi connectivity index (χ3v) is 2.74. The minimum atomic E-state index is -0.0460. The molecule has 0 amide bonds. The van der Waals surface area contributed by atoms with Crippen molar-refractivity contribution >= 4 is 11.6 Å². The van der Waals surface area contributed by atoms with Crippen molar-refractivity contribution in [1.29, 1.82) is 0 Å². The fourth-order valence-electron chi connectivity index (χ4n) is 1.64. The Morgan fingerprint density at radius 1 is 1.37 bits per heavy atom. The maximum Gasteiger partial charge on any atom is 0.187 e. The third kappa shape index (κ3) is 3.55. The number of benzene rings is 1. The first-order valence-corrected chi connectivity index (χ1v) is 6.18. The number of aromatic nitrogens is 1. The van der Waals surface area contributed by atoms with Crippen LogP contribution in [0, 0.1) is 6.92 Å². The molecule has 2 aromatic rings. The summed E-state index contributed by atoms with van der Waals surface area (Å²) in [7, 11) is 0. The van der Waals surface area contributed by atoms with Crippen molar-refractivity contribution in [2.75, 3.05) is 5.32 Å². The van der Waals surface area contributed by atoms with Crippen molar-refractivity contribution in [2.45, 2.75) is 20.3 Å². The summed E-state index contributed by atoms with van der Waals surface area (Å²) >= 11 is 0. The third-order valence-electron chi connectivity index (χ3n) is 2.74. The van der Waals surface area contributed by atoms with Gasteiger partial charge in [0, 0.05) is 23.9 Å². The number of aryl methyl sites for hydroxylation is 2. The molecule has 0 fully saturated rings. The van der Waals surface area contributed by atoms with Crippen LogP contribution in [0.2, 0.25) is 0 Å². The van der Waals surface area contributed by atoms with Gasteiger partial charge in [0.15, 0.2) is 11.6 Å². The molecule has 0 unspecified atom stereocenters. The van der Waals surface area contributed by atoms with Gasteiger partial charge >= 0.3 is 0 Å². The summed E-state index contributed by atoms with van der Waals surface area (Å²) in [6, 6.07) is 9.37. The lowest BCUT2D eigenvalue weighted by atomic mass is 10.1. The van der Waals surface area contributed by atoms with Crippen LogP contribution in [0.15, 0.2) is 47.1 Å². The van der Waals surface area contributed by atoms with Crippen molar-refractivity contribution in [3.8, 4) is 0 Å². The molecule has 4 nitrogen and oxygen atoms in total. The highest BCUT2D eigenvalue weighted by Crippen LogP contribution is 2.08. The van der Waals surface area contributed by atoms with E-state index in [2.05, 4.69) is 17.4 Å². The predicted octanol–water partition coefficient (Wildman–Crippen LogP) is 3.35. The monoisotopic (exact) mass is 256 g/mol. The zero-order valence-electron chi connectivity index (χ0n) is 11.0. The molecule has 0 atom stereocenters. The van der Waals surface area contributed by atoms with Crippen LogP contribution in [0.5, 0.6) is 0 Å². The summed E-state index contributed by atoms with van der Waals surface area (Å²) in [6.45, 7) is 3.89. The minimum Gasteiger partial charge on any atom is -0.360 e. The predicted molar refractivity (Wildman–Crippen MR) is 74.2 cm³/mol. The van der Waals surface area contributed by atoms with Gasteiger partial charge in [-0.3, -0.25) is 4.79 Å². The first-order chi connectivity index (χ1) is 9.19. The molecular formula is C15H16N2O2. The van der Waals surface area contributed by atoms with Gasteiger partial charge in [0.2, 0.25) is 0 Å². The summed E-state index contributed by atoms with van der Waals surface area (Å²) in [4.78, 5) is 11.9. The summed E-state index contributed by atoms with van der Waals surface area (Å²) in [5.74, 6) is 1.26. The second-order valence-corrected chi connectivity index (χ2v) is 4.22. The summed E-state index contributed by atoms with van der Waals surface area (Å²) in [5, 5.41) is 6.64. The van der Waals surface area contributed by atoms with Crippen molar-refractivity contribution in [2.24, 2.45) is 0 Å². The number of ketones is 1. The van der Waals surface area contributed by atoms with Crippen molar-refractivity contribution in [1.82, 2.24) is 5.16 Å². The first-order valence-electron chi connectivity index (χ1n) is 6.18. The van der Waals surface area contributed by atoms with Crippen molar-refractivity contribution in [3.63, 3.8) is 0 Å². The summed E-state index contributed by atoms with van der Waals surface area (Å²) in [6.07, 6.45) is 4.01. The van der Waals surface area contributed by atoms with E-state index >= 15 is 0 Å². The second kappa shape index (κ2) is 6.00. The zero-order valence-corrected chi connectivity index (χ0v) is 11.0. The molecule has 98 valence electrons. The van der Waals surface area contributed by atoms with Gasteiger partial charge < -0.3 is 9.84 Å². The highest BCUT2D eigenvalue weighted by atomic mass is 16.5. The first kappa shape index (κ1) is 13.1. The lowest BCUT2D eigenvalue weighted by Crippen LogP contribution is -1.96. The van der Waals surface area contributed by atoms with Crippen LogP contribution in [0.1, 0.15) is 28.6 Å². The Balaban J connectivity index is 1.96. The van der Waals surface area contributed by atoms with Crippen LogP contribution in [0.4, 0.5) is 5.82 Å². The molecule has 0 aliphatic carbocycles. The van der Waals surface area contributed by atoms with E-state index in [1.165, 1.54) is 11.6 Å². The number of nitrogens with one attached hydrogen (secondary N) is 1. The number of nitrogens with zero attached hydrogens (tertiary/aromatic N) is 1. The molecule has 0 aliphatic rings. The van der Waals surface area contributed by atoms with Gasteiger partial charge in [-0.05, 0) is 18.9 Å². The molecule has 1 aromatic heterocycles. The lowest BCUT2D eigenvalue weighted by Gasteiger charge is -1.98. The summed E-state index contributed by atoms with van der Waals surface area (Å²) < 4.78 is 4.90. The van der Waals surface area contributed by atoms with E-state index in [1.54, 1.807) is 12.3 Å². The Bertz CT molecular complexity index is 582. The number of carbonyl (C=O) groups excluding carboxylic acids is 1. The largest absolute Gasteiger partial charge is 0.360 e.